The van der Waals surface area contributed by atoms with Gasteiger partial charge in [-0.1, -0.05) is 19.4 Å². The number of hydrogen-bond donors (Lipinski definition) is 2. The summed E-state index contributed by atoms with van der Waals surface area (Å²) in [6.45, 7) is 1.85. The lowest BCUT2D eigenvalue weighted by Gasteiger charge is -2.45. The number of carbonyl (C=O) groups excluding carboxylic acids is 2. The summed E-state index contributed by atoms with van der Waals surface area (Å²) in [6, 6.07) is 4.01. The number of urea groups is 1. The first-order valence-corrected chi connectivity index (χ1v) is 10.5. The minimum absolute atomic E-state index is 0.0797. The van der Waals surface area contributed by atoms with E-state index in [0.717, 1.165) is 6.07 Å². The Balaban J connectivity index is 1.84. The van der Waals surface area contributed by atoms with Crippen LogP contribution in [0.1, 0.15) is 36.9 Å². The minimum atomic E-state index is -1.37. The summed E-state index contributed by atoms with van der Waals surface area (Å²) in [4.78, 5) is 51.0. The number of likely N-dealkylation sites (tertiary alicyclic amines) is 1. The molecule has 10 nitrogen and oxygen atoms in total. The Bertz CT molecular complexity index is 1090. The quantitative estimate of drug-likeness (QED) is 0.525. The Morgan fingerprint density at radius 2 is 1.94 bits per heavy atom. The van der Waals surface area contributed by atoms with Gasteiger partial charge in [-0.15, -0.1) is 0 Å². The molecule has 34 heavy (non-hydrogen) atoms. The molecule has 0 spiro atoms. The average Bonchev–Trinajstić information content (AvgIpc) is 2.82. The maximum absolute atomic E-state index is 13.2. The number of carboxylic acids is 1. The largest absolute Gasteiger partial charge is 0.480 e. The molecule has 182 valence electrons. The van der Waals surface area contributed by atoms with E-state index < -0.39 is 47.4 Å². The van der Waals surface area contributed by atoms with Crippen LogP contribution in [0, 0.1) is 5.92 Å². The lowest BCUT2D eigenvalue weighted by atomic mass is 9.82. The highest BCUT2D eigenvalue weighted by molar-refractivity contribution is 6.07. The molecule has 1 fully saturated rings. The molecule has 3 N–H and O–H groups in total. The molecule has 0 saturated carbocycles. The van der Waals surface area contributed by atoms with Gasteiger partial charge in [-0.25, -0.2) is 19.5 Å². The number of amides is 3. The maximum Gasteiger partial charge on any atom is 0.327 e. The van der Waals surface area contributed by atoms with Crippen molar-refractivity contribution < 1.29 is 38.4 Å². The van der Waals surface area contributed by atoms with Crippen LogP contribution in [0.3, 0.4) is 0 Å². The van der Waals surface area contributed by atoms with E-state index in [1.165, 1.54) is 36.3 Å². The number of benzene rings is 1. The normalized spacial score (nSPS) is 18.1. The minimum Gasteiger partial charge on any atom is -0.480 e. The Morgan fingerprint density at radius 3 is 2.53 bits per heavy atom. The van der Waals surface area contributed by atoms with Crippen molar-refractivity contribution in [3.63, 3.8) is 0 Å². The van der Waals surface area contributed by atoms with Gasteiger partial charge in [-0.3, -0.25) is 14.7 Å². The molecule has 0 bridgehead atoms. The third-order valence-electron chi connectivity index (χ3n) is 5.82. The van der Waals surface area contributed by atoms with E-state index in [0.29, 0.717) is 28.9 Å². The van der Waals surface area contributed by atoms with Crippen LogP contribution in [0.15, 0.2) is 36.5 Å². The van der Waals surface area contributed by atoms with Crippen molar-refractivity contribution in [1.29, 1.82) is 0 Å². The molecule has 3 rings (SSSR count). The highest BCUT2D eigenvalue weighted by Gasteiger charge is 2.55. The first-order chi connectivity index (χ1) is 16.2. The van der Waals surface area contributed by atoms with E-state index in [1.807, 2.05) is 6.92 Å². The molecular formula is C22H24F2N4O6. The maximum atomic E-state index is 13.2. The molecule has 2 heterocycles. The molecular weight excluding hydrogens is 454 g/mol. The monoisotopic (exact) mass is 478 g/mol. The van der Waals surface area contributed by atoms with E-state index in [-0.39, 0.29) is 12.2 Å². The molecule has 1 aromatic heterocycles. The van der Waals surface area contributed by atoms with Gasteiger partial charge in [0.1, 0.15) is 5.82 Å². The van der Waals surface area contributed by atoms with Crippen molar-refractivity contribution in [3.05, 3.63) is 47.7 Å². The van der Waals surface area contributed by atoms with Gasteiger partial charge in [-0.05, 0) is 48.2 Å². The van der Waals surface area contributed by atoms with Crippen molar-refractivity contribution in [3.8, 4) is 11.5 Å². The van der Waals surface area contributed by atoms with Crippen molar-refractivity contribution in [2.45, 2.75) is 38.3 Å². The third kappa shape index (κ3) is 4.70. The van der Waals surface area contributed by atoms with Crippen LogP contribution in [-0.2, 0) is 16.0 Å². The van der Waals surface area contributed by atoms with Crippen molar-refractivity contribution in [2.24, 2.45) is 5.92 Å². The van der Waals surface area contributed by atoms with Gasteiger partial charge in [-0.2, -0.15) is 0 Å². The zero-order chi connectivity index (χ0) is 25.0. The zero-order valence-electron chi connectivity index (χ0n) is 18.5. The van der Waals surface area contributed by atoms with Crippen molar-refractivity contribution >= 4 is 23.7 Å². The first kappa shape index (κ1) is 24.7. The summed E-state index contributed by atoms with van der Waals surface area (Å²) in [7, 11) is 1.40. The van der Waals surface area contributed by atoms with Crippen LogP contribution in [-0.4, -0.2) is 50.9 Å². The van der Waals surface area contributed by atoms with Crippen LogP contribution < -0.4 is 15.6 Å². The van der Waals surface area contributed by atoms with E-state index >= 15 is 0 Å². The van der Waals surface area contributed by atoms with Gasteiger partial charge >= 0.3 is 12.0 Å². The van der Waals surface area contributed by atoms with Crippen molar-refractivity contribution in [1.82, 2.24) is 14.8 Å². The smallest absolute Gasteiger partial charge is 0.327 e. The molecule has 0 radical (unpaired) electrons. The number of imide groups is 1. The molecule has 0 unspecified atom stereocenters. The Labute approximate surface area is 193 Å². The molecule has 1 aliphatic rings. The van der Waals surface area contributed by atoms with Gasteiger partial charge in [0.2, 0.25) is 17.4 Å². The number of hydrogen-bond acceptors (Lipinski definition) is 7. The lowest BCUT2D eigenvalue weighted by molar-refractivity contribution is -0.166. The topological polar surface area (TPSA) is 135 Å². The molecule has 3 atom stereocenters. The molecule has 1 aliphatic heterocycles. The summed E-state index contributed by atoms with van der Waals surface area (Å²) < 4.78 is 25.4. The number of aliphatic carboxylic acids is 1. The molecule has 3 amide bonds. The number of nitrogens with two attached hydrogens (primary N) is 1. The number of carboxylic acid groups (broad SMARTS) is 1. The number of aromatic nitrogens is 1. The highest BCUT2D eigenvalue weighted by atomic mass is 19.3. The summed E-state index contributed by atoms with van der Waals surface area (Å²) in [5.41, 5.74) is 6.65. The molecule has 12 heteroatoms. The first-order valence-electron chi connectivity index (χ1n) is 10.5. The second-order valence-electron chi connectivity index (χ2n) is 7.95. The fourth-order valence-corrected chi connectivity index (χ4v) is 4.14. The summed E-state index contributed by atoms with van der Waals surface area (Å²) >= 11 is 0. The number of nitrogens with zero attached hydrogens (tertiary/aromatic N) is 3. The number of β-lactam (4-membered cyclic amide) rings is 1. The average molecular weight is 478 g/mol. The van der Waals surface area contributed by atoms with Gasteiger partial charge in [0.05, 0.1) is 12.0 Å². The van der Waals surface area contributed by atoms with Crippen LogP contribution in [0.25, 0.3) is 0 Å². The second-order valence-corrected chi connectivity index (χ2v) is 7.95. The lowest BCUT2D eigenvalue weighted by Crippen LogP contribution is -2.68. The SMILES string of the molecule is CCC[C@H](c1ccc(OF)c(OF)c1)N(C)C(=O)N1C(=O)[C@H](Cc2ccnc(N)c2)[C@H]1C(=O)O. The summed E-state index contributed by atoms with van der Waals surface area (Å²) in [5, 5.41) is 9.73. The number of carbonyl (C=O) groups is 3. The standard InChI is InChI=1S/C22H24F2N4O6/c1-3-4-15(13-5-6-16(33-23)17(11-13)34-24)27(2)22(32)28-19(21(30)31)14(20(28)29)9-12-7-8-26-18(25)10-12/h5-8,10-11,14-15,19H,3-4,9H2,1-2H3,(H2,25,26)(H,30,31)/t14-,15-,19+/m1/s1. The van der Waals surface area contributed by atoms with E-state index in [1.54, 1.807) is 6.07 Å². The zero-order valence-corrected chi connectivity index (χ0v) is 18.5. The number of halogens is 2. The van der Waals surface area contributed by atoms with Crippen LogP contribution >= 0.6 is 0 Å². The van der Waals surface area contributed by atoms with Gasteiger partial charge < -0.3 is 15.7 Å². The van der Waals surface area contributed by atoms with Crippen LogP contribution in [0.4, 0.5) is 19.7 Å². The van der Waals surface area contributed by atoms with Gasteiger partial charge in [0.25, 0.3) is 0 Å². The second kappa shape index (κ2) is 10.3. The summed E-state index contributed by atoms with van der Waals surface area (Å²) in [5.74, 6) is -3.69. The fraction of sp³-hybridized carbons (Fsp3) is 0.364. The predicted molar refractivity (Wildman–Crippen MR) is 115 cm³/mol. The number of pyridine rings is 1. The Morgan fingerprint density at radius 1 is 1.24 bits per heavy atom. The predicted octanol–water partition coefficient (Wildman–Crippen LogP) is 3.24. The summed E-state index contributed by atoms with van der Waals surface area (Å²) in [6.07, 6.45) is 2.52. The van der Waals surface area contributed by atoms with Gasteiger partial charge in [0.15, 0.2) is 6.04 Å². The van der Waals surface area contributed by atoms with E-state index in [2.05, 4.69) is 14.9 Å². The third-order valence-corrected chi connectivity index (χ3v) is 5.82. The fourth-order valence-electron chi connectivity index (χ4n) is 4.14. The number of anilines is 1. The van der Waals surface area contributed by atoms with E-state index in [9.17, 15) is 28.5 Å². The molecule has 1 saturated heterocycles. The van der Waals surface area contributed by atoms with E-state index in [4.69, 9.17) is 5.73 Å². The molecule has 1 aromatic carbocycles. The molecule has 2 aromatic rings. The molecule has 0 aliphatic carbocycles. The van der Waals surface area contributed by atoms with Crippen LogP contribution in [0.5, 0.6) is 11.5 Å². The Hall–Kier alpha value is -3.96. The Kier molecular flexibility index (Phi) is 7.49. The van der Waals surface area contributed by atoms with Crippen LogP contribution in [0.2, 0.25) is 0 Å². The highest BCUT2D eigenvalue weighted by Crippen LogP contribution is 2.37. The number of nitrogen functional groups attached to an aromatic ring is 1. The van der Waals surface area contributed by atoms with Gasteiger partial charge in [0, 0.05) is 22.3 Å². The van der Waals surface area contributed by atoms with Crippen molar-refractivity contribution in [2.75, 3.05) is 12.8 Å². The number of rotatable bonds is 9.